The Morgan fingerprint density at radius 2 is 1.81 bits per heavy atom. The van der Waals surface area contributed by atoms with Gasteiger partial charge in [-0.1, -0.05) is 41.4 Å². The van der Waals surface area contributed by atoms with Crippen LogP contribution in [0.3, 0.4) is 0 Å². The van der Waals surface area contributed by atoms with Crippen LogP contribution in [0.1, 0.15) is 29.7 Å². The lowest BCUT2D eigenvalue weighted by atomic mass is 9.99. The Hall–Kier alpha value is -1.67. The van der Waals surface area contributed by atoms with Crippen LogP contribution in [0.25, 0.3) is 0 Å². The predicted octanol–water partition coefficient (Wildman–Crippen LogP) is 5.20. The number of nitrogens with one attached hydrogen (secondary N) is 1. The summed E-state index contributed by atoms with van der Waals surface area (Å²) in [6, 6.07) is 12.8. The SMILES string of the molecule is Cc1ccc(C)c(C(C)Nc2cccc(Cl)c2N(C)C)c1. The van der Waals surface area contributed by atoms with Crippen LogP contribution >= 0.6 is 11.6 Å². The van der Waals surface area contributed by atoms with E-state index in [1.165, 1.54) is 16.7 Å². The topological polar surface area (TPSA) is 15.3 Å². The molecular formula is C18H23ClN2. The molecule has 1 N–H and O–H groups in total. The number of nitrogens with zero attached hydrogens (tertiary/aromatic N) is 1. The quantitative estimate of drug-likeness (QED) is 0.835. The van der Waals surface area contributed by atoms with E-state index < -0.39 is 0 Å². The number of halogens is 1. The highest BCUT2D eigenvalue weighted by atomic mass is 35.5. The highest BCUT2D eigenvalue weighted by molar-refractivity contribution is 6.34. The molecule has 0 saturated heterocycles. The first kappa shape index (κ1) is 15.7. The van der Waals surface area contributed by atoms with Gasteiger partial charge in [-0.25, -0.2) is 0 Å². The zero-order valence-corrected chi connectivity index (χ0v) is 14.1. The van der Waals surface area contributed by atoms with Crippen molar-refractivity contribution in [3.05, 3.63) is 58.1 Å². The molecule has 21 heavy (non-hydrogen) atoms. The molecule has 1 unspecified atom stereocenters. The van der Waals surface area contributed by atoms with E-state index in [4.69, 9.17) is 11.6 Å². The Balaban J connectivity index is 2.34. The number of para-hydroxylation sites is 1. The van der Waals surface area contributed by atoms with Crippen molar-refractivity contribution in [1.82, 2.24) is 0 Å². The zero-order valence-electron chi connectivity index (χ0n) is 13.4. The molecule has 2 aromatic rings. The average Bonchev–Trinajstić information content (AvgIpc) is 2.41. The first-order chi connectivity index (χ1) is 9.90. The van der Waals surface area contributed by atoms with Gasteiger partial charge in [0.15, 0.2) is 0 Å². The van der Waals surface area contributed by atoms with Crippen LogP contribution < -0.4 is 10.2 Å². The van der Waals surface area contributed by atoms with E-state index in [9.17, 15) is 0 Å². The number of rotatable bonds is 4. The van der Waals surface area contributed by atoms with Crippen LogP contribution in [-0.2, 0) is 0 Å². The molecule has 2 rings (SSSR count). The normalized spacial score (nSPS) is 12.1. The molecule has 0 radical (unpaired) electrons. The fourth-order valence-corrected chi connectivity index (χ4v) is 2.97. The van der Waals surface area contributed by atoms with Gasteiger partial charge in [-0.15, -0.1) is 0 Å². The zero-order chi connectivity index (χ0) is 15.6. The van der Waals surface area contributed by atoms with Crippen molar-refractivity contribution in [2.45, 2.75) is 26.8 Å². The second-order valence-corrected chi connectivity index (χ2v) is 6.16. The lowest BCUT2D eigenvalue weighted by Crippen LogP contribution is -2.15. The highest BCUT2D eigenvalue weighted by Crippen LogP contribution is 2.35. The van der Waals surface area contributed by atoms with E-state index >= 15 is 0 Å². The molecule has 0 aliphatic carbocycles. The maximum Gasteiger partial charge on any atom is 0.0786 e. The maximum atomic E-state index is 6.33. The number of hydrogen-bond donors (Lipinski definition) is 1. The summed E-state index contributed by atoms with van der Waals surface area (Å²) in [7, 11) is 4.02. The third kappa shape index (κ3) is 3.51. The summed E-state index contributed by atoms with van der Waals surface area (Å²) < 4.78 is 0. The summed E-state index contributed by atoms with van der Waals surface area (Å²) in [5.41, 5.74) is 5.98. The van der Waals surface area contributed by atoms with Gasteiger partial charge in [0, 0.05) is 20.1 Å². The van der Waals surface area contributed by atoms with Gasteiger partial charge in [0.2, 0.25) is 0 Å². The van der Waals surface area contributed by atoms with Crippen molar-refractivity contribution in [2.24, 2.45) is 0 Å². The Kier molecular flexibility index (Phi) is 4.79. The Labute approximate surface area is 132 Å². The monoisotopic (exact) mass is 302 g/mol. The molecule has 0 heterocycles. The number of benzene rings is 2. The molecule has 3 heteroatoms. The Bertz CT molecular complexity index is 635. The van der Waals surface area contributed by atoms with Crippen LogP contribution in [0.15, 0.2) is 36.4 Å². The number of hydrogen-bond acceptors (Lipinski definition) is 2. The van der Waals surface area contributed by atoms with Crippen LogP contribution in [0.4, 0.5) is 11.4 Å². The minimum Gasteiger partial charge on any atom is -0.377 e. The molecule has 1 atom stereocenters. The predicted molar refractivity (Wildman–Crippen MR) is 93.7 cm³/mol. The molecule has 0 aromatic heterocycles. The summed E-state index contributed by atoms with van der Waals surface area (Å²) >= 11 is 6.33. The lowest BCUT2D eigenvalue weighted by Gasteiger charge is -2.24. The molecule has 0 fully saturated rings. The second-order valence-electron chi connectivity index (χ2n) is 5.76. The lowest BCUT2D eigenvalue weighted by molar-refractivity contribution is 0.870. The van der Waals surface area contributed by atoms with Crippen molar-refractivity contribution >= 4 is 23.0 Å². The molecular weight excluding hydrogens is 280 g/mol. The molecule has 0 saturated carbocycles. The standard InChI is InChI=1S/C18H23ClN2/c1-12-9-10-13(2)15(11-12)14(3)20-17-8-6-7-16(19)18(17)21(4)5/h6-11,14,20H,1-5H3. The molecule has 2 aromatic carbocycles. The van der Waals surface area contributed by atoms with Crippen LogP contribution in [0.2, 0.25) is 5.02 Å². The Morgan fingerprint density at radius 1 is 1.10 bits per heavy atom. The van der Waals surface area contributed by atoms with Crippen molar-refractivity contribution in [1.29, 1.82) is 0 Å². The van der Waals surface area contributed by atoms with E-state index in [1.807, 2.05) is 31.1 Å². The summed E-state index contributed by atoms with van der Waals surface area (Å²) in [4.78, 5) is 2.04. The molecule has 0 aliphatic heterocycles. The van der Waals surface area contributed by atoms with Crippen LogP contribution in [-0.4, -0.2) is 14.1 Å². The van der Waals surface area contributed by atoms with Crippen LogP contribution in [0.5, 0.6) is 0 Å². The fourth-order valence-electron chi connectivity index (χ4n) is 2.62. The minimum atomic E-state index is 0.224. The fraction of sp³-hybridized carbons (Fsp3) is 0.333. The van der Waals surface area contributed by atoms with Gasteiger partial charge in [-0.05, 0) is 44.0 Å². The Morgan fingerprint density at radius 3 is 2.48 bits per heavy atom. The largest absolute Gasteiger partial charge is 0.377 e. The van der Waals surface area contributed by atoms with Gasteiger partial charge in [0.05, 0.1) is 16.4 Å². The molecule has 0 aliphatic rings. The van der Waals surface area contributed by atoms with Crippen molar-refractivity contribution in [3.8, 4) is 0 Å². The average molecular weight is 303 g/mol. The summed E-state index contributed by atoms with van der Waals surface area (Å²) in [6.07, 6.45) is 0. The minimum absolute atomic E-state index is 0.224. The third-order valence-electron chi connectivity index (χ3n) is 3.71. The summed E-state index contributed by atoms with van der Waals surface area (Å²) in [5.74, 6) is 0. The summed E-state index contributed by atoms with van der Waals surface area (Å²) in [6.45, 7) is 6.46. The van der Waals surface area contributed by atoms with E-state index in [-0.39, 0.29) is 6.04 Å². The van der Waals surface area contributed by atoms with Crippen LogP contribution in [0, 0.1) is 13.8 Å². The highest BCUT2D eigenvalue weighted by Gasteiger charge is 2.13. The molecule has 0 spiro atoms. The van der Waals surface area contributed by atoms with E-state index in [0.717, 1.165) is 16.4 Å². The van der Waals surface area contributed by atoms with Gasteiger partial charge >= 0.3 is 0 Å². The smallest absolute Gasteiger partial charge is 0.0786 e. The third-order valence-corrected chi connectivity index (χ3v) is 4.01. The number of anilines is 2. The van der Waals surface area contributed by atoms with Gasteiger partial charge < -0.3 is 10.2 Å². The molecule has 112 valence electrons. The maximum absolute atomic E-state index is 6.33. The van der Waals surface area contributed by atoms with E-state index in [0.29, 0.717) is 0 Å². The molecule has 0 bridgehead atoms. The number of aryl methyl sites for hydroxylation is 2. The first-order valence-corrected chi connectivity index (χ1v) is 7.57. The summed E-state index contributed by atoms with van der Waals surface area (Å²) in [5, 5.41) is 4.35. The second kappa shape index (κ2) is 6.40. The first-order valence-electron chi connectivity index (χ1n) is 7.19. The van der Waals surface area contributed by atoms with E-state index in [2.05, 4.69) is 50.4 Å². The van der Waals surface area contributed by atoms with Crippen molar-refractivity contribution in [2.75, 3.05) is 24.3 Å². The van der Waals surface area contributed by atoms with Gasteiger partial charge in [-0.2, -0.15) is 0 Å². The van der Waals surface area contributed by atoms with Gasteiger partial charge in [-0.3, -0.25) is 0 Å². The van der Waals surface area contributed by atoms with Gasteiger partial charge in [0.25, 0.3) is 0 Å². The van der Waals surface area contributed by atoms with E-state index in [1.54, 1.807) is 0 Å². The van der Waals surface area contributed by atoms with Crippen molar-refractivity contribution in [3.63, 3.8) is 0 Å². The van der Waals surface area contributed by atoms with Gasteiger partial charge in [0.1, 0.15) is 0 Å². The molecule has 0 amide bonds. The van der Waals surface area contributed by atoms with Crippen molar-refractivity contribution < 1.29 is 0 Å². The molecule has 2 nitrogen and oxygen atoms in total.